The Balaban J connectivity index is 2.24. The Morgan fingerprint density at radius 1 is 1.32 bits per heavy atom. The quantitative estimate of drug-likeness (QED) is 0.878. The number of thiophene rings is 1. The normalized spacial score (nSPS) is 19.6. The summed E-state index contributed by atoms with van der Waals surface area (Å²) >= 11 is 1.86. The minimum absolute atomic E-state index is 0.183. The lowest BCUT2D eigenvalue weighted by Gasteiger charge is -2.46. The zero-order valence-corrected chi connectivity index (χ0v) is 13.6. The molecule has 1 aromatic rings. The lowest BCUT2D eigenvalue weighted by atomic mass is 9.85. The molecular formula is C16H28N2S. The number of rotatable bonds is 5. The smallest absolute Gasteiger partial charge is 0.0512 e. The Morgan fingerprint density at radius 2 is 2.00 bits per heavy atom. The van der Waals surface area contributed by atoms with E-state index in [0.29, 0.717) is 6.04 Å². The third kappa shape index (κ3) is 3.21. The first kappa shape index (κ1) is 15.0. The topological polar surface area (TPSA) is 15.3 Å². The van der Waals surface area contributed by atoms with Crippen molar-refractivity contribution in [3.8, 4) is 0 Å². The van der Waals surface area contributed by atoms with Gasteiger partial charge in [-0.1, -0.05) is 13.3 Å². The number of hydrogen-bond acceptors (Lipinski definition) is 3. The van der Waals surface area contributed by atoms with Crippen molar-refractivity contribution in [1.29, 1.82) is 0 Å². The molecule has 1 unspecified atom stereocenters. The molecule has 0 aromatic carbocycles. The minimum atomic E-state index is 0.183. The fraction of sp³-hybridized carbons (Fsp3) is 0.750. The van der Waals surface area contributed by atoms with Crippen LogP contribution in [-0.2, 0) is 0 Å². The number of piperidine rings is 1. The summed E-state index contributed by atoms with van der Waals surface area (Å²) in [7, 11) is 0. The third-order valence-electron chi connectivity index (χ3n) is 4.50. The van der Waals surface area contributed by atoms with Gasteiger partial charge in [0.25, 0.3) is 0 Å². The fourth-order valence-electron chi connectivity index (χ4n) is 3.29. The average molecular weight is 280 g/mol. The molecule has 1 aliphatic heterocycles. The summed E-state index contributed by atoms with van der Waals surface area (Å²) in [6.07, 6.45) is 4.10. The molecular weight excluding hydrogens is 252 g/mol. The van der Waals surface area contributed by atoms with E-state index in [4.69, 9.17) is 0 Å². The van der Waals surface area contributed by atoms with E-state index < -0.39 is 0 Å². The zero-order valence-electron chi connectivity index (χ0n) is 12.8. The number of likely N-dealkylation sites (N-methyl/N-ethyl adjacent to an activating group) is 1. The zero-order chi connectivity index (χ0) is 13.9. The van der Waals surface area contributed by atoms with E-state index in [1.54, 1.807) is 0 Å². The number of hydrogen-bond donors (Lipinski definition) is 1. The molecule has 1 N–H and O–H groups in total. The minimum Gasteiger partial charge on any atom is -0.309 e. The molecule has 1 fully saturated rings. The summed E-state index contributed by atoms with van der Waals surface area (Å²) < 4.78 is 0. The van der Waals surface area contributed by atoms with Crippen molar-refractivity contribution in [2.45, 2.75) is 58.5 Å². The van der Waals surface area contributed by atoms with Crippen LogP contribution in [0, 0.1) is 6.92 Å². The van der Waals surface area contributed by atoms with Crippen molar-refractivity contribution in [1.82, 2.24) is 10.2 Å². The lowest BCUT2D eigenvalue weighted by molar-refractivity contribution is 0.0612. The van der Waals surface area contributed by atoms with E-state index in [0.717, 1.165) is 6.54 Å². The summed E-state index contributed by atoms with van der Waals surface area (Å²) in [4.78, 5) is 4.14. The molecule has 0 spiro atoms. The van der Waals surface area contributed by atoms with Gasteiger partial charge in [0.05, 0.1) is 6.04 Å². The molecule has 2 heterocycles. The van der Waals surface area contributed by atoms with E-state index in [-0.39, 0.29) is 5.54 Å². The van der Waals surface area contributed by atoms with E-state index in [2.05, 4.69) is 49.4 Å². The van der Waals surface area contributed by atoms with Crippen LogP contribution in [0.5, 0.6) is 0 Å². The molecule has 1 aliphatic rings. The highest BCUT2D eigenvalue weighted by molar-refractivity contribution is 7.10. The Hall–Kier alpha value is -0.380. The fourth-order valence-corrected chi connectivity index (χ4v) is 4.03. The molecule has 0 bridgehead atoms. The second-order valence-electron chi connectivity index (χ2n) is 6.12. The van der Waals surface area contributed by atoms with Gasteiger partial charge in [-0.15, -0.1) is 11.3 Å². The first-order chi connectivity index (χ1) is 9.07. The summed E-state index contributed by atoms with van der Waals surface area (Å²) in [5, 5.41) is 5.95. The van der Waals surface area contributed by atoms with Gasteiger partial charge in [0.2, 0.25) is 0 Å². The molecule has 0 amide bonds. The number of likely N-dealkylation sites (tertiary alicyclic amines) is 1. The van der Waals surface area contributed by atoms with Crippen LogP contribution in [0.1, 0.15) is 56.5 Å². The lowest BCUT2D eigenvalue weighted by Crippen LogP contribution is -2.54. The Morgan fingerprint density at radius 3 is 2.53 bits per heavy atom. The van der Waals surface area contributed by atoms with Crippen LogP contribution in [0.3, 0.4) is 0 Å². The van der Waals surface area contributed by atoms with Gasteiger partial charge in [-0.25, -0.2) is 0 Å². The standard InChI is InChI=1S/C16H28N2S/c1-5-17-15(14-9-12-19-13(14)2)16(3,4)18-10-7-6-8-11-18/h9,12,15,17H,5-8,10-11H2,1-4H3. The maximum atomic E-state index is 3.73. The molecule has 0 saturated carbocycles. The molecule has 0 radical (unpaired) electrons. The van der Waals surface area contributed by atoms with Gasteiger partial charge in [-0.05, 0) is 70.3 Å². The van der Waals surface area contributed by atoms with E-state index >= 15 is 0 Å². The maximum Gasteiger partial charge on any atom is 0.0512 e. The number of nitrogens with zero attached hydrogens (tertiary/aromatic N) is 1. The van der Waals surface area contributed by atoms with E-state index in [1.165, 1.54) is 42.8 Å². The average Bonchev–Trinajstić information content (AvgIpc) is 2.83. The molecule has 0 aliphatic carbocycles. The van der Waals surface area contributed by atoms with Crippen LogP contribution < -0.4 is 5.32 Å². The molecule has 1 atom stereocenters. The van der Waals surface area contributed by atoms with Crippen LogP contribution in [0.15, 0.2) is 11.4 Å². The van der Waals surface area contributed by atoms with E-state index in [1.807, 2.05) is 11.3 Å². The van der Waals surface area contributed by atoms with Crippen molar-refractivity contribution >= 4 is 11.3 Å². The highest BCUT2D eigenvalue weighted by Crippen LogP contribution is 2.36. The SMILES string of the molecule is CCNC(c1ccsc1C)C(C)(C)N1CCCCC1. The van der Waals surface area contributed by atoms with Crippen LogP contribution in [0.25, 0.3) is 0 Å². The van der Waals surface area contributed by atoms with Crippen molar-refractivity contribution in [3.05, 3.63) is 21.9 Å². The molecule has 1 aromatic heterocycles. The maximum absolute atomic E-state index is 3.73. The highest BCUT2D eigenvalue weighted by atomic mass is 32.1. The summed E-state index contributed by atoms with van der Waals surface area (Å²) in [5.74, 6) is 0. The Kier molecular flexibility index (Phi) is 5.04. The second-order valence-corrected chi connectivity index (χ2v) is 7.24. The van der Waals surface area contributed by atoms with Crippen molar-refractivity contribution < 1.29 is 0 Å². The number of aryl methyl sites for hydroxylation is 1. The van der Waals surface area contributed by atoms with Gasteiger partial charge in [0, 0.05) is 10.4 Å². The van der Waals surface area contributed by atoms with Crippen LogP contribution in [0.2, 0.25) is 0 Å². The van der Waals surface area contributed by atoms with Gasteiger partial charge in [0.15, 0.2) is 0 Å². The van der Waals surface area contributed by atoms with Gasteiger partial charge in [0.1, 0.15) is 0 Å². The second kappa shape index (κ2) is 6.38. The molecule has 2 nitrogen and oxygen atoms in total. The largest absolute Gasteiger partial charge is 0.309 e. The van der Waals surface area contributed by atoms with Crippen LogP contribution >= 0.6 is 11.3 Å². The highest BCUT2D eigenvalue weighted by Gasteiger charge is 2.37. The van der Waals surface area contributed by atoms with Crippen LogP contribution in [0.4, 0.5) is 0 Å². The third-order valence-corrected chi connectivity index (χ3v) is 5.36. The molecule has 19 heavy (non-hydrogen) atoms. The van der Waals surface area contributed by atoms with E-state index in [9.17, 15) is 0 Å². The van der Waals surface area contributed by atoms with Crippen molar-refractivity contribution in [3.63, 3.8) is 0 Å². The van der Waals surface area contributed by atoms with Gasteiger partial charge in [-0.2, -0.15) is 0 Å². The first-order valence-corrected chi connectivity index (χ1v) is 8.47. The molecule has 3 heteroatoms. The van der Waals surface area contributed by atoms with Gasteiger partial charge < -0.3 is 5.32 Å². The predicted molar refractivity (Wildman–Crippen MR) is 85.0 cm³/mol. The summed E-state index contributed by atoms with van der Waals surface area (Å²) in [5.41, 5.74) is 1.67. The van der Waals surface area contributed by atoms with Crippen molar-refractivity contribution in [2.75, 3.05) is 19.6 Å². The summed E-state index contributed by atoms with van der Waals surface area (Å²) in [6.45, 7) is 12.8. The van der Waals surface area contributed by atoms with Crippen molar-refractivity contribution in [2.24, 2.45) is 0 Å². The van der Waals surface area contributed by atoms with Crippen LogP contribution in [-0.4, -0.2) is 30.1 Å². The van der Waals surface area contributed by atoms with Gasteiger partial charge >= 0.3 is 0 Å². The number of nitrogens with one attached hydrogen (secondary N) is 1. The van der Waals surface area contributed by atoms with Gasteiger partial charge in [-0.3, -0.25) is 4.90 Å². The summed E-state index contributed by atoms with van der Waals surface area (Å²) in [6, 6.07) is 2.74. The molecule has 108 valence electrons. The molecule has 1 saturated heterocycles. The predicted octanol–water partition coefficient (Wildman–Crippen LogP) is 3.97. The monoisotopic (exact) mass is 280 g/mol. The first-order valence-electron chi connectivity index (χ1n) is 7.59. The Labute approximate surface area is 122 Å². The Bertz CT molecular complexity index is 391. The molecule has 2 rings (SSSR count).